The van der Waals surface area contributed by atoms with Crippen molar-refractivity contribution < 1.29 is 19.1 Å². The minimum absolute atomic E-state index is 0.0394. The van der Waals surface area contributed by atoms with Crippen LogP contribution in [0.15, 0.2) is 24.3 Å². The summed E-state index contributed by atoms with van der Waals surface area (Å²) in [5, 5.41) is 0. The largest absolute Gasteiger partial charge is 0.444 e. The molecule has 0 aromatic heterocycles. The molecule has 2 rings (SSSR count). The number of likely N-dealkylation sites (tertiary alicyclic amines) is 1. The van der Waals surface area contributed by atoms with E-state index in [1.54, 1.807) is 19.1 Å². The highest BCUT2D eigenvalue weighted by Gasteiger charge is 2.28. The fourth-order valence-corrected chi connectivity index (χ4v) is 3.34. The quantitative estimate of drug-likeness (QED) is 0.788. The molecule has 27 heavy (non-hydrogen) atoms. The Morgan fingerprint density at radius 3 is 2.70 bits per heavy atom. The van der Waals surface area contributed by atoms with Crippen LogP contribution in [0.2, 0.25) is 0 Å². The highest BCUT2D eigenvalue weighted by molar-refractivity contribution is 5.94. The first kappa shape index (κ1) is 21.2. The summed E-state index contributed by atoms with van der Waals surface area (Å²) in [7, 11) is 3.40. The molecule has 0 bridgehead atoms. The summed E-state index contributed by atoms with van der Waals surface area (Å²) in [6.07, 6.45) is 1.62. The lowest BCUT2D eigenvalue weighted by atomic mass is 9.96. The van der Waals surface area contributed by atoms with Gasteiger partial charge in [0.15, 0.2) is 0 Å². The molecular formula is C21H32N2O4. The van der Waals surface area contributed by atoms with E-state index in [1.165, 1.54) is 0 Å². The third-order valence-electron chi connectivity index (χ3n) is 4.53. The molecule has 1 atom stereocenters. The van der Waals surface area contributed by atoms with E-state index in [0.29, 0.717) is 25.3 Å². The van der Waals surface area contributed by atoms with Crippen LogP contribution < -0.4 is 0 Å². The van der Waals surface area contributed by atoms with Crippen LogP contribution in [0.1, 0.15) is 49.5 Å². The molecule has 1 heterocycles. The Balaban J connectivity index is 1.96. The normalized spacial score (nSPS) is 17.5. The van der Waals surface area contributed by atoms with Crippen LogP contribution in [0, 0.1) is 5.92 Å². The number of hydrogen-bond acceptors (Lipinski definition) is 4. The Bertz CT molecular complexity index is 654. The minimum atomic E-state index is -0.507. The van der Waals surface area contributed by atoms with Gasteiger partial charge in [0.2, 0.25) is 0 Å². The van der Waals surface area contributed by atoms with Crippen molar-refractivity contribution in [3.05, 3.63) is 35.4 Å². The standard InChI is InChI=1S/C21H32N2O4/c1-21(2,3)27-20(25)22(4)13-17-9-7-11-23(14-17)19(24)18-10-6-8-16(12-18)15-26-5/h6,8,10,12,17H,7,9,11,13-15H2,1-5H3. The summed E-state index contributed by atoms with van der Waals surface area (Å²) in [6.45, 7) is 8.06. The molecule has 1 aliphatic heterocycles. The lowest BCUT2D eigenvalue weighted by Gasteiger charge is -2.35. The predicted octanol–water partition coefficient (Wildman–Crippen LogP) is 3.55. The first-order chi connectivity index (χ1) is 12.7. The van der Waals surface area contributed by atoms with Gasteiger partial charge in [-0.25, -0.2) is 4.79 Å². The van der Waals surface area contributed by atoms with Crippen molar-refractivity contribution >= 4 is 12.0 Å². The summed E-state index contributed by atoms with van der Waals surface area (Å²) < 4.78 is 10.6. The maximum atomic E-state index is 12.9. The van der Waals surface area contributed by atoms with Crippen molar-refractivity contribution in [2.75, 3.05) is 33.8 Å². The van der Waals surface area contributed by atoms with Crippen LogP contribution >= 0.6 is 0 Å². The molecule has 150 valence electrons. The fraction of sp³-hybridized carbons (Fsp3) is 0.619. The fourth-order valence-electron chi connectivity index (χ4n) is 3.34. The molecule has 1 saturated heterocycles. The number of benzene rings is 1. The van der Waals surface area contributed by atoms with Gasteiger partial charge < -0.3 is 19.3 Å². The van der Waals surface area contributed by atoms with E-state index in [0.717, 1.165) is 24.9 Å². The van der Waals surface area contributed by atoms with Gasteiger partial charge in [-0.3, -0.25) is 4.79 Å². The molecule has 6 nitrogen and oxygen atoms in total. The number of methoxy groups -OCH3 is 1. The van der Waals surface area contributed by atoms with Crippen LogP contribution in [-0.4, -0.2) is 61.2 Å². The molecule has 1 aromatic carbocycles. The molecule has 1 fully saturated rings. The van der Waals surface area contributed by atoms with E-state index in [9.17, 15) is 9.59 Å². The van der Waals surface area contributed by atoms with Gasteiger partial charge in [0, 0.05) is 39.4 Å². The molecular weight excluding hydrogens is 344 g/mol. The molecule has 1 aromatic rings. The molecule has 1 aliphatic rings. The van der Waals surface area contributed by atoms with E-state index in [-0.39, 0.29) is 17.9 Å². The molecule has 6 heteroatoms. The number of piperidine rings is 1. The van der Waals surface area contributed by atoms with Gasteiger partial charge in [-0.2, -0.15) is 0 Å². The number of ether oxygens (including phenoxy) is 2. The molecule has 0 radical (unpaired) electrons. The Morgan fingerprint density at radius 1 is 1.30 bits per heavy atom. The van der Waals surface area contributed by atoms with Gasteiger partial charge in [-0.1, -0.05) is 12.1 Å². The highest BCUT2D eigenvalue weighted by Crippen LogP contribution is 2.21. The van der Waals surface area contributed by atoms with Crippen LogP contribution in [0.5, 0.6) is 0 Å². The lowest BCUT2D eigenvalue weighted by molar-refractivity contribution is 0.0244. The molecule has 0 saturated carbocycles. The topological polar surface area (TPSA) is 59.1 Å². The minimum Gasteiger partial charge on any atom is -0.444 e. The Kier molecular flexibility index (Phi) is 7.25. The number of hydrogen-bond donors (Lipinski definition) is 0. The molecule has 2 amide bonds. The SMILES string of the molecule is COCc1cccc(C(=O)N2CCCC(CN(C)C(=O)OC(C)(C)C)C2)c1. The van der Waals surface area contributed by atoms with Crippen molar-refractivity contribution in [3.63, 3.8) is 0 Å². The Labute approximate surface area is 162 Å². The number of nitrogens with zero attached hydrogens (tertiary/aromatic N) is 2. The maximum Gasteiger partial charge on any atom is 0.410 e. The summed E-state index contributed by atoms with van der Waals surface area (Å²) in [5.74, 6) is 0.292. The number of carbonyl (C=O) groups is 2. The zero-order chi connectivity index (χ0) is 20.0. The second-order valence-electron chi connectivity index (χ2n) is 8.25. The second-order valence-corrected chi connectivity index (χ2v) is 8.25. The Morgan fingerprint density at radius 2 is 2.04 bits per heavy atom. The van der Waals surface area contributed by atoms with Crippen LogP contribution in [0.25, 0.3) is 0 Å². The Hall–Kier alpha value is -2.08. The van der Waals surface area contributed by atoms with Gasteiger partial charge >= 0.3 is 6.09 Å². The predicted molar refractivity (Wildman–Crippen MR) is 105 cm³/mol. The van der Waals surface area contributed by atoms with Crippen LogP contribution in [0.3, 0.4) is 0 Å². The highest BCUT2D eigenvalue weighted by atomic mass is 16.6. The van der Waals surface area contributed by atoms with E-state index in [4.69, 9.17) is 9.47 Å². The summed E-state index contributed by atoms with van der Waals surface area (Å²) in [4.78, 5) is 28.6. The van der Waals surface area contributed by atoms with Gasteiger partial charge in [0.1, 0.15) is 5.60 Å². The summed E-state index contributed by atoms with van der Waals surface area (Å²) in [5.41, 5.74) is 1.17. The smallest absolute Gasteiger partial charge is 0.410 e. The first-order valence-corrected chi connectivity index (χ1v) is 9.51. The van der Waals surface area contributed by atoms with Crippen molar-refractivity contribution in [1.82, 2.24) is 9.80 Å². The van der Waals surface area contributed by atoms with Gasteiger partial charge in [-0.05, 0) is 57.2 Å². The van der Waals surface area contributed by atoms with Gasteiger partial charge in [0.05, 0.1) is 6.61 Å². The van der Waals surface area contributed by atoms with Gasteiger partial charge in [0.25, 0.3) is 5.91 Å². The number of amides is 2. The third kappa shape index (κ3) is 6.54. The van der Waals surface area contributed by atoms with E-state index in [2.05, 4.69) is 0 Å². The van der Waals surface area contributed by atoms with E-state index in [1.807, 2.05) is 49.9 Å². The van der Waals surface area contributed by atoms with Crippen molar-refractivity contribution in [3.8, 4) is 0 Å². The number of carbonyl (C=O) groups excluding carboxylic acids is 2. The molecule has 0 aliphatic carbocycles. The summed E-state index contributed by atoms with van der Waals surface area (Å²) >= 11 is 0. The first-order valence-electron chi connectivity index (χ1n) is 9.51. The molecule has 0 N–H and O–H groups in total. The monoisotopic (exact) mass is 376 g/mol. The van der Waals surface area contributed by atoms with E-state index < -0.39 is 5.60 Å². The van der Waals surface area contributed by atoms with Crippen LogP contribution in [-0.2, 0) is 16.1 Å². The van der Waals surface area contributed by atoms with Crippen molar-refractivity contribution in [2.45, 2.75) is 45.8 Å². The third-order valence-corrected chi connectivity index (χ3v) is 4.53. The molecule has 0 spiro atoms. The zero-order valence-corrected chi connectivity index (χ0v) is 17.2. The van der Waals surface area contributed by atoms with E-state index >= 15 is 0 Å². The maximum absolute atomic E-state index is 12.9. The average Bonchev–Trinajstić information content (AvgIpc) is 2.60. The molecule has 1 unspecified atom stereocenters. The number of rotatable bonds is 5. The lowest BCUT2D eigenvalue weighted by Crippen LogP contribution is -2.45. The zero-order valence-electron chi connectivity index (χ0n) is 17.2. The average molecular weight is 376 g/mol. The summed E-state index contributed by atoms with van der Waals surface area (Å²) in [6, 6.07) is 7.58. The van der Waals surface area contributed by atoms with Crippen molar-refractivity contribution in [1.29, 1.82) is 0 Å². The second kappa shape index (κ2) is 9.22. The van der Waals surface area contributed by atoms with Crippen molar-refractivity contribution in [2.24, 2.45) is 5.92 Å². The van der Waals surface area contributed by atoms with Gasteiger partial charge in [-0.15, -0.1) is 0 Å². The van der Waals surface area contributed by atoms with Crippen LogP contribution in [0.4, 0.5) is 4.79 Å².